The van der Waals surface area contributed by atoms with Gasteiger partial charge in [-0.15, -0.1) is 0 Å². The molecule has 2 heterocycles. The van der Waals surface area contributed by atoms with E-state index in [0.29, 0.717) is 24.5 Å². The molecule has 2 aliphatic heterocycles. The number of carbonyl (C=O) groups excluding carboxylic acids is 2. The summed E-state index contributed by atoms with van der Waals surface area (Å²) < 4.78 is 0. The largest absolute Gasteiger partial charge is 0.387 e. The first kappa shape index (κ1) is 13.4. The summed E-state index contributed by atoms with van der Waals surface area (Å²) in [6.45, 7) is 2.12. The second-order valence-electron chi connectivity index (χ2n) is 5.41. The zero-order valence-electron chi connectivity index (χ0n) is 11.1. The van der Waals surface area contributed by atoms with Crippen LogP contribution >= 0.6 is 11.6 Å². The topological polar surface area (TPSA) is 69.6 Å². The normalized spacial score (nSPS) is 24.1. The summed E-state index contributed by atoms with van der Waals surface area (Å²) in [6, 6.07) is 3.68. The molecule has 0 aromatic heterocycles. The fraction of sp³-hybridized carbons (Fsp3) is 0.429. The van der Waals surface area contributed by atoms with Gasteiger partial charge >= 0.3 is 0 Å². The Balaban J connectivity index is 2.03. The molecule has 106 valence electrons. The number of likely N-dealkylation sites (tertiary alicyclic amines) is 1. The number of aliphatic hydroxyl groups is 1. The average Bonchev–Trinajstić information content (AvgIpc) is 2.97. The van der Waals surface area contributed by atoms with Gasteiger partial charge in [-0.1, -0.05) is 11.6 Å². The first-order valence-electron chi connectivity index (χ1n) is 6.48. The fourth-order valence-corrected chi connectivity index (χ4v) is 3.24. The molecule has 1 aromatic carbocycles. The minimum atomic E-state index is -0.725. The number of anilines is 1. The van der Waals surface area contributed by atoms with Crippen molar-refractivity contribution in [3.05, 3.63) is 28.3 Å². The quantitative estimate of drug-likeness (QED) is 0.814. The Kier molecular flexibility index (Phi) is 2.99. The van der Waals surface area contributed by atoms with E-state index in [0.717, 1.165) is 16.8 Å². The molecule has 5 nitrogen and oxygen atoms in total. The van der Waals surface area contributed by atoms with Gasteiger partial charge in [-0.2, -0.15) is 0 Å². The van der Waals surface area contributed by atoms with E-state index in [1.807, 2.05) is 19.1 Å². The highest BCUT2D eigenvalue weighted by molar-refractivity contribution is 6.31. The molecule has 1 aromatic rings. The molecule has 0 unspecified atom stereocenters. The average molecular weight is 295 g/mol. The van der Waals surface area contributed by atoms with E-state index in [-0.39, 0.29) is 11.8 Å². The highest BCUT2D eigenvalue weighted by atomic mass is 35.5. The minimum Gasteiger partial charge on any atom is -0.387 e. The van der Waals surface area contributed by atoms with Gasteiger partial charge in [0.15, 0.2) is 0 Å². The number of amides is 2. The molecular formula is C14H15ClN2O3. The van der Waals surface area contributed by atoms with Crippen molar-refractivity contribution in [3.8, 4) is 0 Å². The number of carbonyl (C=O) groups is 2. The van der Waals surface area contributed by atoms with Crippen molar-refractivity contribution in [2.24, 2.45) is 0 Å². The Labute approximate surface area is 121 Å². The lowest BCUT2D eigenvalue weighted by Gasteiger charge is -2.22. The van der Waals surface area contributed by atoms with Crippen molar-refractivity contribution in [2.45, 2.75) is 18.8 Å². The van der Waals surface area contributed by atoms with E-state index in [4.69, 9.17) is 16.7 Å². The molecule has 1 saturated heterocycles. The number of rotatable bonds is 1. The van der Waals surface area contributed by atoms with Gasteiger partial charge < -0.3 is 15.3 Å². The van der Waals surface area contributed by atoms with E-state index < -0.39 is 12.0 Å². The van der Waals surface area contributed by atoms with Gasteiger partial charge in [-0.3, -0.25) is 9.59 Å². The fourth-order valence-electron chi connectivity index (χ4n) is 3.07. The maximum Gasteiger partial charge on any atom is 0.248 e. The number of hydrogen-bond acceptors (Lipinski definition) is 3. The number of aliphatic hydroxyl groups excluding tert-OH is 1. The molecule has 0 radical (unpaired) electrons. The third-order valence-corrected chi connectivity index (χ3v) is 4.66. The number of aryl methyl sites for hydroxylation is 1. The molecule has 0 bridgehead atoms. The molecule has 1 fully saturated rings. The van der Waals surface area contributed by atoms with Crippen LogP contribution < -0.4 is 5.32 Å². The first-order valence-corrected chi connectivity index (χ1v) is 6.86. The van der Waals surface area contributed by atoms with Crippen LogP contribution in [0.5, 0.6) is 0 Å². The molecule has 2 aliphatic rings. The summed E-state index contributed by atoms with van der Waals surface area (Å²) in [5.41, 5.74) is 1.81. The number of hydrogen-bond donors (Lipinski definition) is 2. The Bertz CT molecular complexity index is 617. The Morgan fingerprint density at radius 3 is 3.00 bits per heavy atom. The van der Waals surface area contributed by atoms with Crippen molar-refractivity contribution in [3.63, 3.8) is 0 Å². The smallest absolute Gasteiger partial charge is 0.248 e. The molecule has 0 saturated carbocycles. The summed E-state index contributed by atoms with van der Waals surface area (Å²) >= 11 is 6.17. The third kappa shape index (κ3) is 1.73. The van der Waals surface area contributed by atoms with Crippen LogP contribution in [0.1, 0.15) is 17.5 Å². The van der Waals surface area contributed by atoms with E-state index in [1.54, 1.807) is 0 Å². The summed E-state index contributed by atoms with van der Waals surface area (Å²) in [4.78, 5) is 25.5. The van der Waals surface area contributed by atoms with Gasteiger partial charge in [-0.05, 0) is 36.6 Å². The zero-order chi connectivity index (χ0) is 14.5. The van der Waals surface area contributed by atoms with Gasteiger partial charge in [-0.25, -0.2) is 0 Å². The lowest BCUT2D eigenvalue weighted by molar-refractivity contribution is -0.133. The van der Waals surface area contributed by atoms with Crippen molar-refractivity contribution < 1.29 is 14.7 Å². The molecule has 0 aliphatic carbocycles. The van der Waals surface area contributed by atoms with Gasteiger partial charge in [0.2, 0.25) is 11.8 Å². The van der Waals surface area contributed by atoms with Crippen molar-refractivity contribution in [1.29, 1.82) is 0 Å². The Morgan fingerprint density at radius 2 is 2.30 bits per heavy atom. The van der Waals surface area contributed by atoms with E-state index >= 15 is 0 Å². The highest BCUT2D eigenvalue weighted by Gasteiger charge is 2.52. The monoisotopic (exact) mass is 294 g/mol. The van der Waals surface area contributed by atoms with Crippen molar-refractivity contribution in [1.82, 2.24) is 4.90 Å². The third-order valence-electron chi connectivity index (χ3n) is 4.25. The van der Waals surface area contributed by atoms with Crippen LogP contribution in [0.3, 0.4) is 0 Å². The van der Waals surface area contributed by atoms with Gasteiger partial charge in [0.25, 0.3) is 0 Å². The zero-order valence-corrected chi connectivity index (χ0v) is 11.8. The van der Waals surface area contributed by atoms with Gasteiger partial charge in [0.05, 0.1) is 5.41 Å². The maximum atomic E-state index is 12.4. The molecule has 3 rings (SSSR count). The molecule has 2 amide bonds. The highest BCUT2D eigenvalue weighted by Crippen LogP contribution is 2.45. The lowest BCUT2D eigenvalue weighted by atomic mass is 9.80. The molecule has 2 N–H and O–H groups in total. The molecular weight excluding hydrogens is 280 g/mol. The summed E-state index contributed by atoms with van der Waals surface area (Å²) in [7, 11) is 0. The number of nitrogens with zero attached hydrogens (tertiary/aromatic N) is 1. The Hall–Kier alpha value is -1.59. The summed E-state index contributed by atoms with van der Waals surface area (Å²) in [5.74, 6) is -0.441. The van der Waals surface area contributed by atoms with E-state index in [9.17, 15) is 9.59 Å². The summed E-state index contributed by atoms with van der Waals surface area (Å²) in [5, 5.41) is 12.5. The van der Waals surface area contributed by atoms with Gasteiger partial charge in [0.1, 0.15) is 6.61 Å². The standard InChI is InChI=1S/C14H15ClN2O3/c1-8-4-11-9(5-10(8)15)14(13(20)16-11)2-3-17(7-14)12(19)6-18/h4-5,18H,2-3,6-7H2,1H3,(H,16,20)/t14-/m0/s1. The molecule has 6 heteroatoms. The second kappa shape index (κ2) is 4.46. The van der Waals surface area contributed by atoms with Gasteiger partial charge in [0, 0.05) is 23.8 Å². The van der Waals surface area contributed by atoms with Crippen LogP contribution in [0.4, 0.5) is 5.69 Å². The SMILES string of the molecule is Cc1cc2c(cc1Cl)[C@@]1(CCN(C(=O)CO)C1)C(=O)N2. The number of fused-ring (bicyclic) bond motifs is 2. The van der Waals surface area contributed by atoms with E-state index in [2.05, 4.69) is 5.32 Å². The van der Waals surface area contributed by atoms with Crippen LogP contribution in [0.2, 0.25) is 5.02 Å². The van der Waals surface area contributed by atoms with Crippen LogP contribution in [0.15, 0.2) is 12.1 Å². The molecule has 1 spiro atoms. The minimum absolute atomic E-state index is 0.0950. The predicted molar refractivity (Wildman–Crippen MR) is 74.8 cm³/mol. The lowest BCUT2D eigenvalue weighted by Crippen LogP contribution is -2.40. The number of halogens is 1. The first-order chi connectivity index (χ1) is 9.48. The van der Waals surface area contributed by atoms with Crippen LogP contribution in [0.25, 0.3) is 0 Å². The number of nitrogens with one attached hydrogen (secondary N) is 1. The predicted octanol–water partition coefficient (Wildman–Crippen LogP) is 1.06. The van der Waals surface area contributed by atoms with Crippen LogP contribution in [0, 0.1) is 6.92 Å². The molecule has 1 atom stereocenters. The van der Waals surface area contributed by atoms with Crippen LogP contribution in [-0.4, -0.2) is 41.5 Å². The van der Waals surface area contributed by atoms with Crippen molar-refractivity contribution >= 4 is 29.1 Å². The summed E-state index contributed by atoms with van der Waals surface area (Å²) in [6.07, 6.45) is 0.553. The maximum absolute atomic E-state index is 12.4. The van der Waals surface area contributed by atoms with Crippen LogP contribution in [-0.2, 0) is 15.0 Å². The number of benzene rings is 1. The second-order valence-corrected chi connectivity index (χ2v) is 5.81. The Morgan fingerprint density at radius 1 is 1.55 bits per heavy atom. The van der Waals surface area contributed by atoms with E-state index in [1.165, 1.54) is 4.90 Å². The van der Waals surface area contributed by atoms with Crippen molar-refractivity contribution in [2.75, 3.05) is 25.0 Å². The molecule has 20 heavy (non-hydrogen) atoms.